The summed E-state index contributed by atoms with van der Waals surface area (Å²) in [5.41, 5.74) is -0.751. The van der Waals surface area contributed by atoms with Gasteiger partial charge in [-0.15, -0.1) is 0 Å². The molecule has 0 aromatic heterocycles. The van der Waals surface area contributed by atoms with Crippen LogP contribution in [0.4, 0.5) is 0 Å². The Bertz CT molecular complexity index is 177. The van der Waals surface area contributed by atoms with Crippen molar-refractivity contribution >= 4 is 0 Å². The number of hydrogen-bond donors (Lipinski definition) is 2. The van der Waals surface area contributed by atoms with Crippen LogP contribution in [0.2, 0.25) is 0 Å². The van der Waals surface area contributed by atoms with E-state index in [-0.39, 0.29) is 26.4 Å². The van der Waals surface area contributed by atoms with Crippen LogP contribution < -0.4 is 0 Å². The molecule has 0 amide bonds. The van der Waals surface area contributed by atoms with Crippen molar-refractivity contribution in [3.05, 3.63) is 24.7 Å². The lowest BCUT2D eigenvalue weighted by molar-refractivity contribution is -0.0407. The highest BCUT2D eigenvalue weighted by atomic mass is 16.5. The van der Waals surface area contributed by atoms with Gasteiger partial charge in [0.15, 0.2) is 0 Å². The summed E-state index contributed by atoms with van der Waals surface area (Å²) < 4.78 is 10.3. The first-order chi connectivity index (χ1) is 7.24. The van der Waals surface area contributed by atoms with Crippen LogP contribution in [-0.4, -0.2) is 36.6 Å². The van der Waals surface area contributed by atoms with Gasteiger partial charge in [-0.3, -0.25) is 0 Å². The molecule has 0 aliphatic rings. The smallest absolute Gasteiger partial charge is 0.101 e. The SMILES string of the molecule is C/C=C/OCC(CO)(CO)CO/C=C/C. The van der Waals surface area contributed by atoms with Crippen molar-refractivity contribution in [3.63, 3.8) is 0 Å². The maximum Gasteiger partial charge on any atom is 0.101 e. The van der Waals surface area contributed by atoms with Crippen molar-refractivity contribution in [3.8, 4) is 0 Å². The molecule has 0 aliphatic carbocycles. The van der Waals surface area contributed by atoms with Crippen LogP contribution in [0.15, 0.2) is 24.7 Å². The molecule has 0 aromatic rings. The lowest BCUT2D eigenvalue weighted by Crippen LogP contribution is -2.38. The highest BCUT2D eigenvalue weighted by molar-refractivity contribution is 4.80. The van der Waals surface area contributed by atoms with Gasteiger partial charge in [0.2, 0.25) is 0 Å². The zero-order chi connectivity index (χ0) is 11.6. The van der Waals surface area contributed by atoms with E-state index >= 15 is 0 Å². The minimum absolute atomic E-state index is 0.182. The van der Waals surface area contributed by atoms with Gasteiger partial charge >= 0.3 is 0 Å². The van der Waals surface area contributed by atoms with E-state index in [0.29, 0.717) is 0 Å². The van der Waals surface area contributed by atoms with Gasteiger partial charge in [0, 0.05) is 0 Å². The summed E-state index contributed by atoms with van der Waals surface area (Å²) in [6.07, 6.45) is 6.53. The summed E-state index contributed by atoms with van der Waals surface area (Å²) in [4.78, 5) is 0. The summed E-state index contributed by atoms with van der Waals surface area (Å²) in [7, 11) is 0. The number of hydrogen-bond acceptors (Lipinski definition) is 4. The third-order valence-corrected chi connectivity index (χ3v) is 1.91. The number of aliphatic hydroxyl groups excluding tert-OH is 2. The molecule has 0 heterocycles. The van der Waals surface area contributed by atoms with E-state index in [1.807, 2.05) is 13.8 Å². The normalized spacial score (nSPS) is 12.5. The second kappa shape index (κ2) is 8.32. The quantitative estimate of drug-likeness (QED) is 0.596. The largest absolute Gasteiger partial charge is 0.501 e. The molecule has 0 aromatic carbocycles. The Morgan fingerprint density at radius 1 is 0.933 bits per heavy atom. The van der Waals surface area contributed by atoms with E-state index in [1.54, 1.807) is 12.2 Å². The molecule has 0 rings (SSSR count). The summed E-state index contributed by atoms with van der Waals surface area (Å²) in [6, 6.07) is 0. The summed E-state index contributed by atoms with van der Waals surface area (Å²) in [5, 5.41) is 18.4. The summed E-state index contributed by atoms with van der Waals surface area (Å²) in [5.74, 6) is 0. The first-order valence-corrected chi connectivity index (χ1v) is 4.92. The number of rotatable bonds is 8. The molecule has 0 saturated carbocycles. The van der Waals surface area contributed by atoms with Crippen molar-refractivity contribution < 1.29 is 19.7 Å². The summed E-state index contributed by atoms with van der Waals surface area (Å²) in [6.45, 7) is 3.74. The van der Waals surface area contributed by atoms with Crippen molar-refractivity contribution in [1.29, 1.82) is 0 Å². The minimum Gasteiger partial charge on any atom is -0.501 e. The van der Waals surface area contributed by atoms with Gasteiger partial charge in [-0.05, 0) is 13.8 Å². The maximum atomic E-state index is 9.21. The second-order valence-electron chi connectivity index (χ2n) is 3.38. The lowest BCUT2D eigenvalue weighted by Gasteiger charge is -2.27. The first kappa shape index (κ1) is 14.0. The lowest BCUT2D eigenvalue weighted by atomic mass is 9.92. The molecular weight excluding hydrogens is 196 g/mol. The Balaban J connectivity index is 4.16. The third-order valence-electron chi connectivity index (χ3n) is 1.91. The van der Waals surface area contributed by atoms with E-state index < -0.39 is 5.41 Å². The molecule has 0 aliphatic heterocycles. The number of allylic oxidation sites excluding steroid dienone is 2. The van der Waals surface area contributed by atoms with Crippen LogP contribution in [-0.2, 0) is 9.47 Å². The molecule has 0 fully saturated rings. The summed E-state index contributed by atoms with van der Waals surface area (Å²) >= 11 is 0. The average Bonchev–Trinajstić information content (AvgIpc) is 2.28. The van der Waals surface area contributed by atoms with Gasteiger partial charge in [0.1, 0.15) is 13.2 Å². The highest BCUT2D eigenvalue weighted by Crippen LogP contribution is 2.17. The highest BCUT2D eigenvalue weighted by Gasteiger charge is 2.30. The van der Waals surface area contributed by atoms with Gasteiger partial charge in [0.25, 0.3) is 0 Å². The third kappa shape index (κ3) is 5.44. The van der Waals surface area contributed by atoms with E-state index in [1.165, 1.54) is 12.5 Å². The molecule has 0 saturated heterocycles. The first-order valence-electron chi connectivity index (χ1n) is 4.92. The molecule has 0 radical (unpaired) electrons. The van der Waals surface area contributed by atoms with Crippen LogP contribution in [0.5, 0.6) is 0 Å². The van der Waals surface area contributed by atoms with Gasteiger partial charge in [0.05, 0.1) is 31.2 Å². The van der Waals surface area contributed by atoms with E-state index in [4.69, 9.17) is 9.47 Å². The van der Waals surface area contributed by atoms with Gasteiger partial charge < -0.3 is 19.7 Å². The predicted octanol–water partition coefficient (Wildman–Crippen LogP) is 1.06. The van der Waals surface area contributed by atoms with E-state index in [0.717, 1.165) is 0 Å². The fourth-order valence-corrected chi connectivity index (χ4v) is 0.916. The van der Waals surface area contributed by atoms with Crippen molar-refractivity contribution in [2.75, 3.05) is 26.4 Å². The molecule has 88 valence electrons. The number of ether oxygens (including phenoxy) is 2. The number of aliphatic hydroxyl groups is 2. The fourth-order valence-electron chi connectivity index (χ4n) is 0.916. The fraction of sp³-hybridized carbons (Fsp3) is 0.636. The molecule has 0 bridgehead atoms. The monoisotopic (exact) mass is 216 g/mol. The zero-order valence-corrected chi connectivity index (χ0v) is 9.35. The predicted molar refractivity (Wildman–Crippen MR) is 58.1 cm³/mol. The molecule has 0 unspecified atom stereocenters. The van der Waals surface area contributed by atoms with E-state index in [9.17, 15) is 10.2 Å². The van der Waals surface area contributed by atoms with Gasteiger partial charge in [-0.25, -0.2) is 0 Å². The molecule has 0 spiro atoms. The molecule has 0 atom stereocenters. The molecule has 4 nitrogen and oxygen atoms in total. The topological polar surface area (TPSA) is 58.9 Å². The Labute approximate surface area is 90.8 Å². The van der Waals surface area contributed by atoms with Crippen LogP contribution in [0.3, 0.4) is 0 Å². The average molecular weight is 216 g/mol. The van der Waals surface area contributed by atoms with Gasteiger partial charge in [-0.2, -0.15) is 0 Å². The Kier molecular flexibility index (Phi) is 7.77. The van der Waals surface area contributed by atoms with Crippen molar-refractivity contribution in [2.24, 2.45) is 5.41 Å². The molecule has 4 heteroatoms. The maximum absolute atomic E-state index is 9.21. The Hall–Kier alpha value is -1.00. The Morgan fingerprint density at radius 2 is 1.33 bits per heavy atom. The second-order valence-corrected chi connectivity index (χ2v) is 3.38. The standard InChI is InChI=1S/C11H20O4/c1-3-5-14-9-11(7-12,8-13)10-15-6-4-2/h3-6,12-13H,7-10H2,1-2H3/b5-3+,6-4+. The van der Waals surface area contributed by atoms with Crippen LogP contribution in [0.1, 0.15) is 13.8 Å². The van der Waals surface area contributed by atoms with Crippen molar-refractivity contribution in [2.45, 2.75) is 13.8 Å². The zero-order valence-electron chi connectivity index (χ0n) is 9.35. The van der Waals surface area contributed by atoms with Crippen LogP contribution >= 0.6 is 0 Å². The van der Waals surface area contributed by atoms with Gasteiger partial charge in [-0.1, -0.05) is 12.2 Å². The molecular formula is C11H20O4. The molecule has 15 heavy (non-hydrogen) atoms. The van der Waals surface area contributed by atoms with Crippen molar-refractivity contribution in [1.82, 2.24) is 0 Å². The molecule has 2 N–H and O–H groups in total. The van der Waals surface area contributed by atoms with E-state index in [2.05, 4.69) is 0 Å². The van der Waals surface area contributed by atoms with Crippen LogP contribution in [0.25, 0.3) is 0 Å². The minimum atomic E-state index is -0.751. The van der Waals surface area contributed by atoms with Crippen LogP contribution in [0, 0.1) is 5.41 Å². The Morgan fingerprint density at radius 3 is 1.60 bits per heavy atom.